The maximum atomic E-state index is 5.86. The first kappa shape index (κ1) is 12.4. The molecule has 6 heteroatoms. The molecule has 0 bridgehead atoms. The molecule has 5 nitrogen and oxygen atoms in total. The standard InChI is InChI=1S/C13H14ClN3O2/c1-18-12-4-13(14)15-6-11(12)9-5-16-17(7-9)8-10-2-3-19-10/h4-7,10H,2-3,8H2,1H3. The lowest BCUT2D eigenvalue weighted by Gasteiger charge is -2.25. The Hall–Kier alpha value is -1.59. The molecule has 2 aromatic heterocycles. The van der Waals surface area contributed by atoms with Crippen LogP contribution in [-0.2, 0) is 11.3 Å². The summed E-state index contributed by atoms with van der Waals surface area (Å²) in [5.74, 6) is 0.694. The molecule has 1 aliphatic heterocycles. The number of aromatic nitrogens is 3. The van der Waals surface area contributed by atoms with Crippen LogP contribution in [0.4, 0.5) is 0 Å². The van der Waals surface area contributed by atoms with E-state index in [0.29, 0.717) is 10.9 Å². The van der Waals surface area contributed by atoms with Gasteiger partial charge in [-0.3, -0.25) is 4.68 Å². The van der Waals surface area contributed by atoms with Crippen molar-refractivity contribution in [2.24, 2.45) is 0 Å². The lowest BCUT2D eigenvalue weighted by Crippen LogP contribution is -2.31. The molecule has 1 unspecified atom stereocenters. The summed E-state index contributed by atoms with van der Waals surface area (Å²) in [5.41, 5.74) is 1.84. The highest BCUT2D eigenvalue weighted by molar-refractivity contribution is 6.29. The van der Waals surface area contributed by atoms with E-state index in [9.17, 15) is 0 Å². The Morgan fingerprint density at radius 1 is 1.53 bits per heavy atom. The summed E-state index contributed by atoms with van der Waals surface area (Å²) in [5, 5.41) is 4.75. The number of methoxy groups -OCH3 is 1. The fraction of sp³-hybridized carbons (Fsp3) is 0.385. The highest BCUT2D eigenvalue weighted by Crippen LogP contribution is 2.30. The number of ether oxygens (including phenoxy) is 2. The summed E-state index contributed by atoms with van der Waals surface area (Å²) in [4.78, 5) is 4.09. The Labute approximate surface area is 116 Å². The molecule has 3 rings (SSSR count). The zero-order chi connectivity index (χ0) is 13.2. The largest absolute Gasteiger partial charge is 0.496 e. The van der Waals surface area contributed by atoms with Crippen LogP contribution in [0.2, 0.25) is 5.15 Å². The zero-order valence-electron chi connectivity index (χ0n) is 10.5. The molecule has 2 aromatic rings. The van der Waals surface area contributed by atoms with Gasteiger partial charge in [0.25, 0.3) is 0 Å². The highest BCUT2D eigenvalue weighted by atomic mass is 35.5. The number of nitrogens with zero attached hydrogens (tertiary/aromatic N) is 3. The first-order valence-corrected chi connectivity index (χ1v) is 6.48. The molecule has 1 fully saturated rings. The molecule has 0 spiro atoms. The second-order valence-corrected chi connectivity index (χ2v) is 4.83. The van der Waals surface area contributed by atoms with Crippen molar-refractivity contribution in [1.29, 1.82) is 0 Å². The van der Waals surface area contributed by atoms with Gasteiger partial charge < -0.3 is 9.47 Å². The van der Waals surface area contributed by atoms with E-state index in [2.05, 4.69) is 10.1 Å². The Morgan fingerprint density at radius 3 is 3.05 bits per heavy atom. The fourth-order valence-electron chi connectivity index (χ4n) is 2.04. The van der Waals surface area contributed by atoms with Gasteiger partial charge in [-0.05, 0) is 6.42 Å². The monoisotopic (exact) mass is 279 g/mol. The van der Waals surface area contributed by atoms with Gasteiger partial charge in [0.15, 0.2) is 0 Å². The summed E-state index contributed by atoms with van der Waals surface area (Å²) in [6.07, 6.45) is 6.85. The Kier molecular flexibility index (Phi) is 3.40. The normalized spacial score (nSPS) is 18.1. The molecule has 0 amide bonds. The van der Waals surface area contributed by atoms with Crippen molar-refractivity contribution in [3.63, 3.8) is 0 Å². The van der Waals surface area contributed by atoms with Crippen LogP contribution in [0.1, 0.15) is 6.42 Å². The smallest absolute Gasteiger partial charge is 0.132 e. The van der Waals surface area contributed by atoms with Gasteiger partial charge in [-0.15, -0.1) is 0 Å². The third-order valence-electron chi connectivity index (χ3n) is 3.18. The molecule has 100 valence electrons. The molecule has 0 aromatic carbocycles. The van der Waals surface area contributed by atoms with E-state index in [1.807, 2.05) is 10.9 Å². The second-order valence-electron chi connectivity index (χ2n) is 4.44. The van der Waals surface area contributed by atoms with E-state index < -0.39 is 0 Å². The summed E-state index contributed by atoms with van der Waals surface area (Å²) >= 11 is 5.86. The number of halogens is 1. The van der Waals surface area contributed by atoms with E-state index in [1.54, 1.807) is 25.6 Å². The molecular weight excluding hydrogens is 266 g/mol. The average Bonchev–Trinajstić information content (AvgIpc) is 2.82. The van der Waals surface area contributed by atoms with Crippen LogP contribution in [0.5, 0.6) is 5.75 Å². The molecule has 0 aliphatic carbocycles. The van der Waals surface area contributed by atoms with Crippen LogP contribution in [-0.4, -0.2) is 34.6 Å². The topological polar surface area (TPSA) is 49.2 Å². The molecular formula is C13H14ClN3O2. The minimum absolute atomic E-state index is 0.290. The lowest BCUT2D eigenvalue weighted by atomic mass is 10.1. The Balaban J connectivity index is 1.85. The van der Waals surface area contributed by atoms with E-state index >= 15 is 0 Å². The average molecular weight is 280 g/mol. The minimum Gasteiger partial charge on any atom is -0.496 e. The van der Waals surface area contributed by atoms with E-state index in [1.165, 1.54) is 0 Å². The molecule has 0 saturated carbocycles. The van der Waals surface area contributed by atoms with E-state index in [4.69, 9.17) is 21.1 Å². The number of rotatable bonds is 4. The summed E-state index contributed by atoms with van der Waals surface area (Å²) in [6.45, 7) is 1.64. The molecule has 19 heavy (non-hydrogen) atoms. The number of pyridine rings is 1. The van der Waals surface area contributed by atoms with E-state index in [0.717, 1.165) is 30.7 Å². The quantitative estimate of drug-likeness (QED) is 0.807. The first-order chi connectivity index (χ1) is 9.26. The predicted molar refractivity (Wildman–Crippen MR) is 71.4 cm³/mol. The summed E-state index contributed by atoms with van der Waals surface area (Å²) < 4.78 is 12.6. The number of hydrogen-bond acceptors (Lipinski definition) is 4. The second kappa shape index (κ2) is 5.19. The van der Waals surface area contributed by atoms with E-state index in [-0.39, 0.29) is 6.10 Å². The molecule has 0 radical (unpaired) electrons. The van der Waals surface area contributed by atoms with Crippen molar-refractivity contribution < 1.29 is 9.47 Å². The highest BCUT2D eigenvalue weighted by Gasteiger charge is 2.19. The summed E-state index contributed by atoms with van der Waals surface area (Å²) in [6, 6.07) is 1.70. The molecule has 0 N–H and O–H groups in total. The fourth-order valence-corrected chi connectivity index (χ4v) is 2.19. The van der Waals surface area contributed by atoms with Gasteiger partial charge in [0.05, 0.1) is 26.0 Å². The van der Waals surface area contributed by atoms with Crippen molar-refractivity contribution >= 4 is 11.6 Å². The van der Waals surface area contributed by atoms with Gasteiger partial charge in [-0.25, -0.2) is 4.98 Å². The third kappa shape index (κ3) is 2.57. The van der Waals surface area contributed by atoms with Crippen molar-refractivity contribution in [2.75, 3.05) is 13.7 Å². The van der Waals surface area contributed by atoms with Gasteiger partial charge in [-0.2, -0.15) is 5.10 Å². The van der Waals surface area contributed by atoms with Crippen LogP contribution in [0.25, 0.3) is 11.1 Å². The van der Waals surface area contributed by atoms with Gasteiger partial charge >= 0.3 is 0 Å². The molecule has 3 heterocycles. The Morgan fingerprint density at radius 2 is 2.37 bits per heavy atom. The minimum atomic E-state index is 0.290. The predicted octanol–water partition coefficient (Wildman–Crippen LogP) is 2.40. The van der Waals surface area contributed by atoms with Crippen LogP contribution >= 0.6 is 11.6 Å². The maximum absolute atomic E-state index is 5.86. The van der Waals surface area contributed by atoms with Gasteiger partial charge in [0.1, 0.15) is 10.9 Å². The molecule has 1 aliphatic rings. The van der Waals surface area contributed by atoms with Crippen LogP contribution in [0.3, 0.4) is 0 Å². The maximum Gasteiger partial charge on any atom is 0.132 e. The van der Waals surface area contributed by atoms with Gasteiger partial charge in [0.2, 0.25) is 0 Å². The first-order valence-electron chi connectivity index (χ1n) is 6.10. The van der Waals surface area contributed by atoms with Crippen molar-refractivity contribution in [2.45, 2.75) is 19.1 Å². The third-order valence-corrected chi connectivity index (χ3v) is 3.39. The molecule has 1 saturated heterocycles. The lowest BCUT2D eigenvalue weighted by molar-refractivity contribution is -0.0609. The zero-order valence-corrected chi connectivity index (χ0v) is 11.3. The van der Waals surface area contributed by atoms with Crippen molar-refractivity contribution in [3.05, 3.63) is 29.8 Å². The molecule has 1 atom stereocenters. The van der Waals surface area contributed by atoms with Crippen LogP contribution in [0, 0.1) is 0 Å². The van der Waals surface area contributed by atoms with Crippen LogP contribution in [0.15, 0.2) is 24.7 Å². The van der Waals surface area contributed by atoms with Gasteiger partial charge in [0, 0.05) is 36.2 Å². The SMILES string of the molecule is COc1cc(Cl)ncc1-c1cnn(CC2CCO2)c1. The van der Waals surface area contributed by atoms with Crippen molar-refractivity contribution in [1.82, 2.24) is 14.8 Å². The van der Waals surface area contributed by atoms with Crippen molar-refractivity contribution in [3.8, 4) is 16.9 Å². The van der Waals surface area contributed by atoms with Crippen LogP contribution < -0.4 is 4.74 Å². The number of hydrogen-bond donors (Lipinski definition) is 0. The Bertz CT molecular complexity index is 581. The summed E-state index contributed by atoms with van der Waals surface area (Å²) in [7, 11) is 1.61. The van der Waals surface area contributed by atoms with Gasteiger partial charge in [-0.1, -0.05) is 11.6 Å².